The number of nitrogens with zero attached hydrogens (tertiary/aromatic N) is 1. The van der Waals surface area contributed by atoms with Crippen molar-refractivity contribution >= 4 is 17.3 Å². The zero-order valence-electron chi connectivity index (χ0n) is 11.6. The molecule has 0 bridgehead atoms. The van der Waals surface area contributed by atoms with Crippen molar-refractivity contribution in [3.05, 3.63) is 64.4 Å². The van der Waals surface area contributed by atoms with Crippen LogP contribution < -0.4 is 10.6 Å². The molecule has 0 radical (unpaired) electrons. The fourth-order valence-corrected chi connectivity index (χ4v) is 2.50. The Balaban J connectivity index is 2.31. The van der Waals surface area contributed by atoms with Crippen molar-refractivity contribution in [3.8, 4) is 0 Å². The van der Waals surface area contributed by atoms with E-state index in [0.717, 1.165) is 11.1 Å². The van der Waals surface area contributed by atoms with E-state index in [-0.39, 0.29) is 11.9 Å². The predicted octanol–water partition coefficient (Wildman–Crippen LogP) is 4.14. The second-order valence-corrected chi connectivity index (χ2v) is 5.39. The lowest BCUT2D eigenvalue weighted by atomic mass is 10.0. The van der Waals surface area contributed by atoms with E-state index in [1.54, 1.807) is 6.07 Å². The Morgan fingerprint density at radius 1 is 1.25 bits per heavy atom. The Morgan fingerprint density at radius 2 is 1.95 bits per heavy atom. The Bertz CT molecular complexity index is 599. The summed E-state index contributed by atoms with van der Waals surface area (Å²) in [4.78, 5) is 1.86. The molecule has 2 nitrogen and oxygen atoms in total. The number of para-hydroxylation sites is 1. The molecule has 0 fully saturated rings. The molecule has 4 heteroatoms. The fourth-order valence-electron chi connectivity index (χ4n) is 2.29. The van der Waals surface area contributed by atoms with Gasteiger partial charge >= 0.3 is 0 Å². The maximum absolute atomic E-state index is 14.1. The van der Waals surface area contributed by atoms with E-state index in [9.17, 15) is 4.39 Å². The lowest BCUT2D eigenvalue weighted by molar-refractivity contribution is 0.616. The summed E-state index contributed by atoms with van der Waals surface area (Å²) in [5, 5.41) is 0.678. The number of hydrogen-bond acceptors (Lipinski definition) is 2. The summed E-state index contributed by atoms with van der Waals surface area (Å²) in [7, 11) is 1.85. The molecule has 20 heavy (non-hydrogen) atoms. The molecule has 2 N–H and O–H groups in total. The molecule has 2 aromatic rings. The first-order valence-corrected chi connectivity index (χ1v) is 6.86. The van der Waals surface area contributed by atoms with Gasteiger partial charge in [0.25, 0.3) is 0 Å². The van der Waals surface area contributed by atoms with Gasteiger partial charge in [0, 0.05) is 24.7 Å². The first-order chi connectivity index (χ1) is 9.49. The van der Waals surface area contributed by atoms with Crippen molar-refractivity contribution in [3.63, 3.8) is 0 Å². The molecule has 2 aromatic carbocycles. The number of rotatable bonds is 4. The quantitative estimate of drug-likeness (QED) is 0.918. The van der Waals surface area contributed by atoms with E-state index >= 15 is 0 Å². The molecular weight excluding hydrogens is 275 g/mol. The summed E-state index contributed by atoms with van der Waals surface area (Å²) in [5.74, 6) is -0.260. The predicted molar refractivity (Wildman–Crippen MR) is 82.6 cm³/mol. The molecule has 0 aliphatic rings. The Kier molecular flexibility index (Phi) is 4.63. The largest absolute Gasteiger partial charge is 0.368 e. The summed E-state index contributed by atoms with van der Waals surface area (Å²) in [6.07, 6.45) is 0. The summed E-state index contributed by atoms with van der Waals surface area (Å²) < 4.78 is 14.1. The summed E-state index contributed by atoms with van der Waals surface area (Å²) >= 11 is 5.97. The molecule has 2 rings (SSSR count). The van der Waals surface area contributed by atoms with Crippen LogP contribution >= 0.6 is 11.6 Å². The average molecular weight is 293 g/mol. The van der Waals surface area contributed by atoms with Gasteiger partial charge in [-0.2, -0.15) is 0 Å². The highest BCUT2D eigenvalue weighted by molar-refractivity contribution is 6.30. The Hall–Kier alpha value is -1.58. The van der Waals surface area contributed by atoms with Crippen LogP contribution in [-0.2, 0) is 6.54 Å². The minimum Gasteiger partial charge on any atom is -0.368 e. The minimum atomic E-state index is -0.260. The summed E-state index contributed by atoms with van der Waals surface area (Å²) in [6.45, 7) is 2.42. The molecule has 0 aromatic heterocycles. The van der Waals surface area contributed by atoms with Crippen LogP contribution in [0.2, 0.25) is 5.02 Å². The topological polar surface area (TPSA) is 29.3 Å². The third-order valence-electron chi connectivity index (χ3n) is 3.20. The van der Waals surface area contributed by atoms with Crippen molar-refractivity contribution in [2.24, 2.45) is 5.73 Å². The van der Waals surface area contributed by atoms with Gasteiger partial charge in [-0.05, 0) is 36.2 Å². The third-order valence-corrected chi connectivity index (χ3v) is 3.43. The van der Waals surface area contributed by atoms with Gasteiger partial charge in [-0.3, -0.25) is 0 Å². The van der Waals surface area contributed by atoms with Crippen molar-refractivity contribution in [1.82, 2.24) is 0 Å². The third kappa shape index (κ3) is 3.30. The molecule has 0 amide bonds. The fraction of sp³-hybridized carbons (Fsp3) is 0.250. The van der Waals surface area contributed by atoms with E-state index in [0.29, 0.717) is 17.3 Å². The number of anilines is 1. The molecule has 0 heterocycles. The van der Waals surface area contributed by atoms with Crippen molar-refractivity contribution in [1.29, 1.82) is 0 Å². The molecule has 0 saturated heterocycles. The van der Waals surface area contributed by atoms with Gasteiger partial charge < -0.3 is 10.6 Å². The molecule has 106 valence electrons. The lowest BCUT2D eigenvalue weighted by Gasteiger charge is -2.24. The average Bonchev–Trinajstić information content (AvgIpc) is 2.38. The summed E-state index contributed by atoms with van der Waals surface area (Å²) in [5.41, 5.74) is 8.30. The van der Waals surface area contributed by atoms with Gasteiger partial charge in [-0.15, -0.1) is 0 Å². The van der Waals surface area contributed by atoms with Gasteiger partial charge in [0.2, 0.25) is 0 Å². The van der Waals surface area contributed by atoms with E-state index in [4.69, 9.17) is 17.3 Å². The first-order valence-electron chi connectivity index (χ1n) is 6.48. The molecule has 0 aliphatic carbocycles. The number of benzene rings is 2. The van der Waals surface area contributed by atoms with Crippen LogP contribution in [0.3, 0.4) is 0 Å². The Labute approximate surface area is 124 Å². The molecule has 1 atom stereocenters. The monoisotopic (exact) mass is 292 g/mol. The highest BCUT2D eigenvalue weighted by atomic mass is 35.5. The number of halogens is 2. The van der Waals surface area contributed by atoms with Gasteiger partial charge in [-0.1, -0.05) is 35.9 Å². The van der Waals surface area contributed by atoms with Crippen LogP contribution in [-0.4, -0.2) is 7.05 Å². The van der Waals surface area contributed by atoms with Crippen LogP contribution in [0.1, 0.15) is 24.1 Å². The minimum absolute atomic E-state index is 0.220. The molecule has 0 aliphatic heterocycles. The van der Waals surface area contributed by atoms with Crippen LogP contribution in [0.15, 0.2) is 42.5 Å². The van der Waals surface area contributed by atoms with Crippen LogP contribution in [0.25, 0.3) is 0 Å². The zero-order chi connectivity index (χ0) is 14.7. The highest BCUT2D eigenvalue weighted by Gasteiger charge is 2.15. The van der Waals surface area contributed by atoms with Crippen molar-refractivity contribution < 1.29 is 4.39 Å². The van der Waals surface area contributed by atoms with Gasteiger partial charge in [0.1, 0.15) is 5.82 Å². The van der Waals surface area contributed by atoms with Crippen molar-refractivity contribution in [2.75, 3.05) is 11.9 Å². The first kappa shape index (κ1) is 14.8. The van der Waals surface area contributed by atoms with E-state index in [1.165, 1.54) is 6.07 Å². The van der Waals surface area contributed by atoms with Crippen LogP contribution in [0.4, 0.5) is 10.1 Å². The molecule has 0 saturated carbocycles. The van der Waals surface area contributed by atoms with Crippen molar-refractivity contribution in [2.45, 2.75) is 19.5 Å². The van der Waals surface area contributed by atoms with E-state index < -0.39 is 0 Å². The second-order valence-electron chi connectivity index (χ2n) is 4.95. The number of hydrogen-bond donors (Lipinski definition) is 1. The van der Waals surface area contributed by atoms with Gasteiger partial charge in [0.15, 0.2) is 0 Å². The zero-order valence-corrected chi connectivity index (χ0v) is 12.4. The second kappa shape index (κ2) is 6.25. The van der Waals surface area contributed by atoms with Crippen LogP contribution in [0, 0.1) is 5.82 Å². The molecular formula is C16H18ClFN2. The van der Waals surface area contributed by atoms with Gasteiger partial charge in [0.05, 0.1) is 5.69 Å². The SMILES string of the molecule is C[C@H](N)c1cccc(F)c1N(C)Cc1cccc(Cl)c1. The normalized spacial score (nSPS) is 12.2. The Morgan fingerprint density at radius 3 is 2.60 bits per heavy atom. The summed E-state index contributed by atoms with van der Waals surface area (Å²) in [6, 6.07) is 12.3. The number of nitrogens with two attached hydrogens (primary N) is 1. The molecule has 0 spiro atoms. The van der Waals surface area contributed by atoms with E-state index in [2.05, 4.69) is 0 Å². The van der Waals surface area contributed by atoms with Gasteiger partial charge in [-0.25, -0.2) is 4.39 Å². The maximum atomic E-state index is 14.1. The van der Waals surface area contributed by atoms with E-state index in [1.807, 2.05) is 49.2 Å². The standard InChI is InChI=1S/C16H18ClFN2/c1-11(19)14-7-4-8-15(18)16(14)20(2)10-12-5-3-6-13(17)9-12/h3-9,11H,10,19H2,1-2H3/t11-/m0/s1. The highest BCUT2D eigenvalue weighted by Crippen LogP contribution is 2.28. The lowest BCUT2D eigenvalue weighted by Crippen LogP contribution is -2.21. The van der Waals surface area contributed by atoms with Crippen LogP contribution in [0.5, 0.6) is 0 Å². The smallest absolute Gasteiger partial charge is 0.146 e. The maximum Gasteiger partial charge on any atom is 0.146 e. The molecule has 0 unspecified atom stereocenters.